The van der Waals surface area contributed by atoms with Gasteiger partial charge in [0.15, 0.2) is 0 Å². The Labute approximate surface area is 78.5 Å². The van der Waals surface area contributed by atoms with Crippen LogP contribution in [0.3, 0.4) is 0 Å². The van der Waals surface area contributed by atoms with Gasteiger partial charge in [0, 0.05) is 0 Å². The number of rotatable bonds is 3. The summed E-state index contributed by atoms with van der Waals surface area (Å²) in [6, 6.07) is 6.12. The molecule has 1 aromatic rings. The Kier molecular flexibility index (Phi) is 2.23. The van der Waals surface area contributed by atoms with Gasteiger partial charge in [0.2, 0.25) is 0 Å². The van der Waals surface area contributed by atoms with Crippen LogP contribution in [0.25, 0.3) is 0 Å². The summed E-state index contributed by atoms with van der Waals surface area (Å²) in [6.45, 7) is 5.71. The SMILES string of the molecule is Cc1cccc(OCC2CO2)c1C. The molecule has 1 fully saturated rings. The molecule has 13 heavy (non-hydrogen) atoms. The van der Waals surface area contributed by atoms with Crippen molar-refractivity contribution in [1.29, 1.82) is 0 Å². The number of hydrogen-bond donors (Lipinski definition) is 0. The van der Waals surface area contributed by atoms with E-state index in [1.165, 1.54) is 11.1 Å². The van der Waals surface area contributed by atoms with Crippen molar-refractivity contribution in [3.05, 3.63) is 29.3 Å². The number of hydrogen-bond acceptors (Lipinski definition) is 2. The molecule has 1 unspecified atom stereocenters. The molecule has 1 aliphatic rings. The van der Waals surface area contributed by atoms with Crippen LogP contribution in [-0.2, 0) is 4.74 Å². The molecule has 0 spiro atoms. The molecule has 1 heterocycles. The standard InChI is InChI=1S/C11H14O2/c1-8-4-3-5-11(9(8)2)13-7-10-6-12-10/h3-5,10H,6-7H2,1-2H3. The van der Waals surface area contributed by atoms with Crippen molar-refractivity contribution < 1.29 is 9.47 Å². The summed E-state index contributed by atoms with van der Waals surface area (Å²) in [5.74, 6) is 0.982. The van der Waals surface area contributed by atoms with Crippen LogP contribution in [-0.4, -0.2) is 19.3 Å². The Morgan fingerprint density at radius 2 is 2.23 bits per heavy atom. The van der Waals surface area contributed by atoms with Gasteiger partial charge in [0.05, 0.1) is 6.61 Å². The highest BCUT2D eigenvalue weighted by Gasteiger charge is 2.23. The third-order valence-corrected chi connectivity index (χ3v) is 2.38. The van der Waals surface area contributed by atoms with Crippen LogP contribution in [0.15, 0.2) is 18.2 Å². The molecule has 0 bridgehead atoms. The van der Waals surface area contributed by atoms with E-state index in [4.69, 9.17) is 9.47 Å². The van der Waals surface area contributed by atoms with Gasteiger partial charge in [-0.1, -0.05) is 12.1 Å². The fourth-order valence-corrected chi connectivity index (χ4v) is 1.23. The monoisotopic (exact) mass is 178 g/mol. The van der Waals surface area contributed by atoms with Gasteiger partial charge in [-0.05, 0) is 31.0 Å². The van der Waals surface area contributed by atoms with Crippen LogP contribution in [0.5, 0.6) is 5.75 Å². The maximum absolute atomic E-state index is 5.62. The van der Waals surface area contributed by atoms with Gasteiger partial charge in [-0.25, -0.2) is 0 Å². The van der Waals surface area contributed by atoms with Gasteiger partial charge >= 0.3 is 0 Å². The first-order valence-corrected chi connectivity index (χ1v) is 4.58. The maximum Gasteiger partial charge on any atom is 0.122 e. The number of ether oxygens (including phenoxy) is 2. The highest BCUT2D eigenvalue weighted by Crippen LogP contribution is 2.21. The first-order valence-electron chi connectivity index (χ1n) is 4.58. The van der Waals surface area contributed by atoms with Crippen LogP contribution in [0.2, 0.25) is 0 Å². The van der Waals surface area contributed by atoms with Gasteiger partial charge in [-0.2, -0.15) is 0 Å². The molecule has 1 aliphatic heterocycles. The van der Waals surface area contributed by atoms with E-state index in [0.717, 1.165) is 12.4 Å². The summed E-state index contributed by atoms with van der Waals surface area (Å²) >= 11 is 0. The molecule has 0 amide bonds. The van der Waals surface area contributed by atoms with Gasteiger partial charge < -0.3 is 9.47 Å². The minimum absolute atomic E-state index is 0.333. The summed E-state index contributed by atoms with van der Waals surface area (Å²) < 4.78 is 10.7. The largest absolute Gasteiger partial charge is 0.491 e. The molecule has 70 valence electrons. The zero-order valence-electron chi connectivity index (χ0n) is 8.04. The van der Waals surface area contributed by atoms with Crippen LogP contribution >= 0.6 is 0 Å². The summed E-state index contributed by atoms with van der Waals surface area (Å²) in [5.41, 5.74) is 2.50. The number of epoxide rings is 1. The van der Waals surface area contributed by atoms with E-state index >= 15 is 0 Å². The molecule has 2 heteroatoms. The fraction of sp³-hybridized carbons (Fsp3) is 0.455. The van der Waals surface area contributed by atoms with Gasteiger partial charge in [0.1, 0.15) is 18.5 Å². The third kappa shape index (κ3) is 2.01. The molecule has 1 aromatic carbocycles. The van der Waals surface area contributed by atoms with E-state index in [0.29, 0.717) is 12.7 Å². The lowest BCUT2D eigenvalue weighted by Gasteiger charge is -2.09. The van der Waals surface area contributed by atoms with E-state index in [1.807, 2.05) is 12.1 Å². The topological polar surface area (TPSA) is 21.8 Å². The van der Waals surface area contributed by atoms with Crippen LogP contribution in [0, 0.1) is 13.8 Å². The molecular formula is C11H14O2. The Balaban J connectivity index is 2.05. The van der Waals surface area contributed by atoms with E-state index < -0.39 is 0 Å². The normalized spacial score (nSPS) is 20.0. The van der Waals surface area contributed by atoms with Crippen molar-refractivity contribution in [2.75, 3.05) is 13.2 Å². The van der Waals surface area contributed by atoms with Gasteiger partial charge in [0.25, 0.3) is 0 Å². The molecule has 1 saturated heterocycles. The molecular weight excluding hydrogens is 164 g/mol. The third-order valence-electron chi connectivity index (χ3n) is 2.38. The van der Waals surface area contributed by atoms with Crippen LogP contribution < -0.4 is 4.74 Å². The van der Waals surface area contributed by atoms with Crippen molar-refractivity contribution in [2.45, 2.75) is 20.0 Å². The van der Waals surface area contributed by atoms with Crippen molar-refractivity contribution in [1.82, 2.24) is 0 Å². The zero-order valence-corrected chi connectivity index (χ0v) is 8.04. The van der Waals surface area contributed by atoms with Gasteiger partial charge in [-0.3, -0.25) is 0 Å². The Morgan fingerprint density at radius 1 is 1.46 bits per heavy atom. The Bertz CT molecular complexity index is 303. The molecule has 2 rings (SSSR count). The summed E-state index contributed by atoms with van der Waals surface area (Å²) in [4.78, 5) is 0. The average Bonchev–Trinajstić information content (AvgIpc) is 2.91. The minimum Gasteiger partial charge on any atom is -0.491 e. The maximum atomic E-state index is 5.62. The second-order valence-electron chi connectivity index (χ2n) is 3.46. The lowest BCUT2D eigenvalue weighted by Crippen LogP contribution is -2.05. The van der Waals surface area contributed by atoms with Crippen molar-refractivity contribution >= 4 is 0 Å². The fourth-order valence-electron chi connectivity index (χ4n) is 1.23. The number of benzene rings is 1. The van der Waals surface area contributed by atoms with E-state index in [9.17, 15) is 0 Å². The lowest BCUT2D eigenvalue weighted by molar-refractivity contribution is 0.261. The Morgan fingerprint density at radius 3 is 2.92 bits per heavy atom. The van der Waals surface area contributed by atoms with E-state index in [1.54, 1.807) is 0 Å². The van der Waals surface area contributed by atoms with Crippen LogP contribution in [0.1, 0.15) is 11.1 Å². The molecule has 2 nitrogen and oxygen atoms in total. The highest BCUT2D eigenvalue weighted by atomic mass is 16.6. The van der Waals surface area contributed by atoms with Crippen LogP contribution in [0.4, 0.5) is 0 Å². The lowest BCUT2D eigenvalue weighted by atomic mass is 10.1. The zero-order chi connectivity index (χ0) is 9.26. The smallest absolute Gasteiger partial charge is 0.122 e. The quantitative estimate of drug-likeness (QED) is 0.661. The molecule has 0 aliphatic carbocycles. The summed E-state index contributed by atoms with van der Waals surface area (Å²) in [7, 11) is 0. The molecule has 0 N–H and O–H groups in total. The van der Waals surface area contributed by atoms with E-state index in [-0.39, 0.29) is 0 Å². The molecule has 1 atom stereocenters. The summed E-state index contributed by atoms with van der Waals surface area (Å²) in [6.07, 6.45) is 0.333. The molecule has 0 saturated carbocycles. The molecule has 0 radical (unpaired) electrons. The van der Waals surface area contributed by atoms with Gasteiger partial charge in [-0.15, -0.1) is 0 Å². The van der Waals surface area contributed by atoms with Crippen molar-refractivity contribution in [3.63, 3.8) is 0 Å². The second-order valence-corrected chi connectivity index (χ2v) is 3.46. The average molecular weight is 178 g/mol. The van der Waals surface area contributed by atoms with E-state index in [2.05, 4.69) is 19.9 Å². The predicted molar refractivity (Wildman–Crippen MR) is 51.2 cm³/mol. The minimum atomic E-state index is 0.333. The second kappa shape index (κ2) is 3.38. The predicted octanol–water partition coefficient (Wildman–Crippen LogP) is 2.08. The van der Waals surface area contributed by atoms with Crippen molar-refractivity contribution in [3.8, 4) is 5.75 Å². The molecule has 0 aromatic heterocycles. The first kappa shape index (κ1) is 8.57. The number of aryl methyl sites for hydroxylation is 1. The van der Waals surface area contributed by atoms with Crippen molar-refractivity contribution in [2.24, 2.45) is 0 Å². The first-order chi connectivity index (χ1) is 6.27. The summed E-state index contributed by atoms with van der Waals surface area (Å²) in [5, 5.41) is 0. The highest BCUT2D eigenvalue weighted by molar-refractivity contribution is 5.38. The Hall–Kier alpha value is -1.02.